The van der Waals surface area contributed by atoms with Crippen LogP contribution < -0.4 is 14.5 Å². The molecule has 0 saturated carbocycles. The van der Waals surface area contributed by atoms with Crippen molar-refractivity contribution in [1.29, 1.82) is 0 Å². The zero-order valence-electron chi connectivity index (χ0n) is 40.0. The molecule has 0 bridgehead atoms. The van der Waals surface area contributed by atoms with E-state index in [1.54, 1.807) is 0 Å². The number of fused-ring (bicyclic) bond motifs is 11. The molecule has 0 spiro atoms. The van der Waals surface area contributed by atoms with Crippen LogP contribution in [0.25, 0.3) is 85.5 Å². The molecule has 0 atom stereocenters. The third kappa shape index (κ3) is 7.69. The minimum absolute atomic E-state index is 0.699. The van der Waals surface area contributed by atoms with Crippen molar-refractivity contribution in [3.05, 3.63) is 249 Å². The normalized spacial score (nSPS) is 11.6. The van der Waals surface area contributed by atoms with Crippen molar-refractivity contribution in [1.82, 2.24) is 0 Å². The second-order valence-corrected chi connectivity index (χ2v) is 19.6. The molecular weight excluding hydrogens is 893 g/mol. The van der Waals surface area contributed by atoms with Gasteiger partial charge in [0.25, 0.3) is 0 Å². The maximum Gasteiger partial charge on any atom is 0.119 e. The molecule has 0 radical (unpaired) electrons. The van der Waals surface area contributed by atoms with Crippen molar-refractivity contribution in [3.63, 3.8) is 0 Å². The zero-order chi connectivity index (χ0) is 48.0. The van der Waals surface area contributed by atoms with Crippen LogP contribution in [0.5, 0.6) is 5.75 Å². The van der Waals surface area contributed by atoms with Crippen LogP contribution in [0.15, 0.2) is 249 Å². The number of para-hydroxylation sites is 2. The van der Waals surface area contributed by atoms with Crippen LogP contribution in [0.3, 0.4) is 0 Å². The molecule has 0 fully saturated rings. The number of ether oxygens (including phenoxy) is 1. The Bertz CT molecular complexity index is 4080. The molecular formula is C68H50N2OS. The summed E-state index contributed by atoms with van der Waals surface area (Å²) in [6, 6.07) is 91.1. The van der Waals surface area contributed by atoms with E-state index in [2.05, 4.69) is 265 Å². The van der Waals surface area contributed by atoms with Crippen LogP contribution in [0.4, 0.5) is 34.1 Å². The summed E-state index contributed by atoms with van der Waals surface area (Å²) in [4.78, 5) is 4.83. The first-order valence-corrected chi connectivity index (χ1v) is 25.8. The first-order valence-electron chi connectivity index (χ1n) is 25.0. The Morgan fingerprint density at radius 1 is 0.361 bits per heavy atom. The Labute approximate surface area is 424 Å². The standard InChI is InChI=1S/C68H50N2OS/c1-2-3-41-71-55-35-32-51(33-36-55)69(49-22-9-5-10-23-49)53-42-48(58-39-38-57(46-19-7-4-8-20-46)67-66-56-26-14-13-21-47(56)31-40-65(66)72-68(58)67)43-54(44-53)70(50-24-11-6-12-25-50)52-34-37-63-61-29-16-15-27-59(61)60-28-17-18-30-62(60)64(63)45-52/h4-40,42-45H,2-3,41H2,1H3. The lowest BCUT2D eigenvalue weighted by Crippen LogP contribution is -2.13. The molecule has 0 amide bonds. The number of hydrogen-bond acceptors (Lipinski definition) is 4. The summed E-state index contributed by atoms with van der Waals surface area (Å²) in [6.07, 6.45) is 2.11. The van der Waals surface area contributed by atoms with E-state index in [0.29, 0.717) is 6.61 Å². The highest BCUT2D eigenvalue weighted by Crippen LogP contribution is 2.50. The number of unbranched alkanes of at least 4 members (excludes halogenated alkanes) is 1. The smallest absolute Gasteiger partial charge is 0.119 e. The van der Waals surface area contributed by atoms with Crippen molar-refractivity contribution in [2.75, 3.05) is 16.4 Å². The van der Waals surface area contributed by atoms with E-state index in [1.807, 2.05) is 11.3 Å². The van der Waals surface area contributed by atoms with Crippen molar-refractivity contribution >= 4 is 109 Å². The number of hydrogen-bond donors (Lipinski definition) is 0. The van der Waals surface area contributed by atoms with Crippen molar-refractivity contribution in [3.8, 4) is 28.0 Å². The Hall–Kier alpha value is -8.70. The van der Waals surface area contributed by atoms with Gasteiger partial charge in [-0.15, -0.1) is 11.3 Å². The molecule has 0 N–H and O–H groups in total. The van der Waals surface area contributed by atoms with Gasteiger partial charge >= 0.3 is 0 Å². The minimum Gasteiger partial charge on any atom is -0.494 e. The van der Waals surface area contributed by atoms with Crippen LogP contribution in [0, 0.1) is 0 Å². The Morgan fingerprint density at radius 3 is 1.51 bits per heavy atom. The number of anilines is 6. The summed E-state index contributed by atoms with van der Waals surface area (Å²) in [6.45, 7) is 2.89. The molecule has 1 aromatic heterocycles. The first kappa shape index (κ1) is 43.3. The Kier molecular flexibility index (Phi) is 11.2. The molecule has 13 aromatic rings. The molecule has 0 aliphatic heterocycles. The summed E-state index contributed by atoms with van der Waals surface area (Å²) < 4.78 is 8.75. The van der Waals surface area contributed by atoms with Gasteiger partial charge in [0, 0.05) is 54.3 Å². The molecule has 12 aromatic carbocycles. The van der Waals surface area contributed by atoms with E-state index < -0.39 is 0 Å². The zero-order valence-corrected chi connectivity index (χ0v) is 40.8. The lowest BCUT2D eigenvalue weighted by Gasteiger charge is -2.30. The highest BCUT2D eigenvalue weighted by atomic mass is 32.1. The lowest BCUT2D eigenvalue weighted by molar-refractivity contribution is 0.309. The van der Waals surface area contributed by atoms with Crippen molar-refractivity contribution in [2.45, 2.75) is 19.8 Å². The maximum absolute atomic E-state index is 6.21. The second-order valence-electron chi connectivity index (χ2n) is 18.6. The van der Waals surface area contributed by atoms with E-state index in [9.17, 15) is 0 Å². The van der Waals surface area contributed by atoms with Gasteiger partial charge in [0.1, 0.15) is 5.75 Å². The van der Waals surface area contributed by atoms with Gasteiger partial charge < -0.3 is 14.5 Å². The summed E-state index contributed by atoms with van der Waals surface area (Å²) in [7, 11) is 0. The number of thiophene rings is 1. The highest BCUT2D eigenvalue weighted by Gasteiger charge is 2.23. The summed E-state index contributed by atoms with van der Waals surface area (Å²) >= 11 is 1.89. The molecule has 1 heterocycles. The fourth-order valence-corrected chi connectivity index (χ4v) is 12.1. The SMILES string of the molecule is CCCCOc1ccc(N(c2ccccc2)c2cc(-c3ccc(-c4ccccc4)c4c3sc3ccc5ccccc5c34)cc(N(c3ccccc3)c3ccc4c5ccccc5c5ccccc5c4c3)c2)cc1. The summed E-state index contributed by atoms with van der Waals surface area (Å²) in [5.41, 5.74) is 11.1. The predicted octanol–water partition coefficient (Wildman–Crippen LogP) is 20.1. The van der Waals surface area contributed by atoms with Gasteiger partial charge in [-0.2, -0.15) is 0 Å². The van der Waals surface area contributed by atoms with Gasteiger partial charge in [-0.25, -0.2) is 0 Å². The largest absolute Gasteiger partial charge is 0.494 e. The van der Waals surface area contributed by atoms with E-state index in [1.165, 1.54) is 80.0 Å². The molecule has 0 aliphatic rings. The van der Waals surface area contributed by atoms with Crippen LogP contribution in [-0.2, 0) is 0 Å². The molecule has 13 rings (SSSR count). The topological polar surface area (TPSA) is 15.7 Å². The fraction of sp³-hybridized carbons (Fsp3) is 0.0588. The molecule has 3 nitrogen and oxygen atoms in total. The van der Waals surface area contributed by atoms with Gasteiger partial charge in [-0.3, -0.25) is 0 Å². The third-order valence-corrected chi connectivity index (χ3v) is 15.4. The number of rotatable bonds is 12. The Balaban J connectivity index is 1.10. The predicted molar refractivity (Wildman–Crippen MR) is 310 cm³/mol. The average Bonchev–Trinajstić information content (AvgIpc) is 3.85. The summed E-state index contributed by atoms with van der Waals surface area (Å²) in [5.74, 6) is 0.875. The lowest BCUT2D eigenvalue weighted by atomic mass is 9.92. The number of benzene rings is 12. The monoisotopic (exact) mass is 942 g/mol. The van der Waals surface area contributed by atoms with Gasteiger partial charge in [0.15, 0.2) is 0 Å². The van der Waals surface area contributed by atoms with Crippen LogP contribution in [-0.4, -0.2) is 6.61 Å². The maximum atomic E-state index is 6.21. The summed E-state index contributed by atoms with van der Waals surface area (Å²) in [5, 5.41) is 12.6. The first-order chi connectivity index (χ1) is 35.7. The van der Waals surface area contributed by atoms with Gasteiger partial charge in [0.05, 0.1) is 6.61 Å². The minimum atomic E-state index is 0.699. The average molecular weight is 943 g/mol. The number of nitrogens with zero attached hydrogens (tertiary/aromatic N) is 2. The van der Waals surface area contributed by atoms with E-state index in [-0.39, 0.29) is 0 Å². The van der Waals surface area contributed by atoms with E-state index in [4.69, 9.17) is 4.74 Å². The van der Waals surface area contributed by atoms with Gasteiger partial charge in [-0.05, 0) is 157 Å². The molecule has 0 unspecified atom stereocenters. The molecule has 344 valence electrons. The van der Waals surface area contributed by atoms with Crippen LogP contribution in [0.1, 0.15) is 19.8 Å². The second kappa shape index (κ2) is 18.6. The third-order valence-electron chi connectivity index (χ3n) is 14.2. The van der Waals surface area contributed by atoms with E-state index >= 15 is 0 Å². The van der Waals surface area contributed by atoms with Gasteiger partial charge in [0.2, 0.25) is 0 Å². The molecule has 0 aliphatic carbocycles. The van der Waals surface area contributed by atoms with Crippen molar-refractivity contribution < 1.29 is 4.74 Å². The molecule has 0 saturated heterocycles. The van der Waals surface area contributed by atoms with Crippen LogP contribution in [0.2, 0.25) is 0 Å². The van der Waals surface area contributed by atoms with E-state index in [0.717, 1.165) is 58.3 Å². The van der Waals surface area contributed by atoms with Crippen molar-refractivity contribution in [2.24, 2.45) is 0 Å². The molecule has 72 heavy (non-hydrogen) atoms. The van der Waals surface area contributed by atoms with Gasteiger partial charge in [-0.1, -0.05) is 177 Å². The quantitative estimate of drug-likeness (QED) is 0.0897. The Morgan fingerprint density at radius 2 is 0.875 bits per heavy atom. The molecule has 4 heteroatoms. The highest BCUT2D eigenvalue weighted by molar-refractivity contribution is 7.26. The van der Waals surface area contributed by atoms with Crippen LogP contribution >= 0.6 is 11.3 Å². The fourth-order valence-electron chi connectivity index (χ4n) is 10.8.